The highest BCUT2D eigenvalue weighted by Crippen LogP contribution is 2.72. The average molecular weight is 218 g/mol. The summed E-state index contributed by atoms with van der Waals surface area (Å²) in [6.45, 7) is 11.1. The van der Waals surface area contributed by atoms with Gasteiger partial charge in [-0.15, -0.1) is 0 Å². The van der Waals surface area contributed by atoms with Gasteiger partial charge >= 0.3 is 0 Å². The first-order valence-corrected chi connectivity index (χ1v) is 6.03. The van der Waals surface area contributed by atoms with Gasteiger partial charge in [0, 0.05) is 5.92 Å². The summed E-state index contributed by atoms with van der Waals surface area (Å²) in [5.74, 6) is 0.363. The maximum Gasteiger partial charge on any atom is 0.0828 e. The molecule has 0 aliphatic heterocycles. The van der Waals surface area contributed by atoms with E-state index in [0.29, 0.717) is 5.92 Å². The zero-order valence-electron chi connectivity index (χ0n) is 10.9. The average Bonchev–Trinajstić information content (AvgIpc) is 2.56. The van der Waals surface area contributed by atoms with E-state index in [9.17, 15) is 5.11 Å². The third-order valence-corrected chi connectivity index (χ3v) is 4.83. The van der Waals surface area contributed by atoms with Gasteiger partial charge in [0.15, 0.2) is 0 Å². The van der Waals surface area contributed by atoms with Gasteiger partial charge in [-0.2, -0.15) is 0 Å². The Hall–Kier alpha value is -0.820. The molecule has 1 atom stereocenters. The molecule has 1 heteroatoms. The molecule has 1 fully saturated rings. The van der Waals surface area contributed by atoms with Crippen LogP contribution in [0.15, 0.2) is 24.3 Å². The van der Waals surface area contributed by atoms with E-state index in [2.05, 4.69) is 46.8 Å². The van der Waals surface area contributed by atoms with Gasteiger partial charge in [-0.1, -0.05) is 57.5 Å². The van der Waals surface area contributed by atoms with Crippen molar-refractivity contribution in [1.29, 1.82) is 0 Å². The van der Waals surface area contributed by atoms with Crippen LogP contribution in [0.4, 0.5) is 0 Å². The predicted molar refractivity (Wildman–Crippen MR) is 67.2 cm³/mol. The van der Waals surface area contributed by atoms with E-state index < -0.39 is 0 Å². The van der Waals surface area contributed by atoms with Gasteiger partial charge in [0.1, 0.15) is 0 Å². The normalized spacial score (nSPS) is 24.1. The molecule has 16 heavy (non-hydrogen) atoms. The molecule has 1 nitrogen and oxygen atoms in total. The summed E-state index contributed by atoms with van der Waals surface area (Å²) < 4.78 is 0. The Morgan fingerprint density at radius 3 is 2.12 bits per heavy atom. The van der Waals surface area contributed by atoms with Crippen LogP contribution < -0.4 is 0 Å². The second kappa shape index (κ2) is 3.33. The van der Waals surface area contributed by atoms with E-state index in [1.54, 1.807) is 0 Å². The first kappa shape index (κ1) is 11.7. The molecule has 1 aromatic carbocycles. The van der Waals surface area contributed by atoms with Gasteiger partial charge in [0.2, 0.25) is 0 Å². The Morgan fingerprint density at radius 1 is 1.12 bits per heavy atom. The molecular weight excluding hydrogens is 196 g/mol. The van der Waals surface area contributed by atoms with Gasteiger partial charge in [0.05, 0.1) is 6.10 Å². The van der Waals surface area contributed by atoms with Crippen molar-refractivity contribution in [2.75, 3.05) is 0 Å². The standard InChI is InChI=1S/C15H22O/c1-10-7-6-8-11(9-10)12(16)13-14(2,3)15(13,4)5/h6-9,12-13,16H,1-5H3. The maximum atomic E-state index is 10.5. The minimum absolute atomic E-state index is 0.232. The molecule has 0 amide bonds. The Labute approximate surface area is 98.5 Å². The molecule has 0 spiro atoms. The van der Waals surface area contributed by atoms with Crippen molar-refractivity contribution < 1.29 is 5.11 Å². The predicted octanol–water partition coefficient (Wildman–Crippen LogP) is 3.71. The lowest BCUT2D eigenvalue weighted by atomic mass is 9.98. The van der Waals surface area contributed by atoms with Crippen molar-refractivity contribution in [3.05, 3.63) is 35.4 Å². The Balaban J connectivity index is 2.26. The molecule has 0 heterocycles. The van der Waals surface area contributed by atoms with Crippen LogP contribution in [-0.4, -0.2) is 5.11 Å². The molecule has 1 aromatic rings. The summed E-state index contributed by atoms with van der Waals surface area (Å²) in [6.07, 6.45) is -0.329. The van der Waals surface area contributed by atoms with Gasteiger partial charge in [0.25, 0.3) is 0 Å². The van der Waals surface area contributed by atoms with Crippen molar-refractivity contribution in [2.24, 2.45) is 16.7 Å². The topological polar surface area (TPSA) is 20.2 Å². The number of aryl methyl sites for hydroxylation is 1. The first-order valence-electron chi connectivity index (χ1n) is 6.03. The minimum Gasteiger partial charge on any atom is -0.388 e. The summed E-state index contributed by atoms with van der Waals surface area (Å²) >= 11 is 0. The molecule has 0 aromatic heterocycles. The molecule has 1 N–H and O–H groups in total. The molecule has 1 aliphatic carbocycles. The van der Waals surface area contributed by atoms with Crippen molar-refractivity contribution >= 4 is 0 Å². The summed E-state index contributed by atoms with van der Waals surface area (Å²) in [7, 11) is 0. The molecule has 1 unspecified atom stereocenters. The molecule has 88 valence electrons. The molecule has 0 saturated heterocycles. The lowest BCUT2D eigenvalue weighted by molar-refractivity contribution is 0.130. The summed E-state index contributed by atoms with van der Waals surface area (Å²) in [6, 6.07) is 8.22. The smallest absolute Gasteiger partial charge is 0.0828 e. The SMILES string of the molecule is Cc1cccc(C(O)C2C(C)(C)C2(C)C)c1. The highest BCUT2D eigenvalue weighted by molar-refractivity contribution is 5.28. The van der Waals surface area contributed by atoms with Crippen LogP contribution in [0.5, 0.6) is 0 Å². The second-order valence-corrected chi connectivity index (χ2v) is 6.28. The Morgan fingerprint density at radius 2 is 1.69 bits per heavy atom. The highest BCUT2D eigenvalue weighted by atomic mass is 16.3. The molecule has 1 saturated carbocycles. The fourth-order valence-electron chi connectivity index (χ4n) is 3.08. The molecule has 0 radical (unpaired) electrons. The monoisotopic (exact) mass is 218 g/mol. The number of rotatable bonds is 2. The largest absolute Gasteiger partial charge is 0.388 e. The maximum absolute atomic E-state index is 10.5. The lowest BCUT2D eigenvalue weighted by Crippen LogP contribution is -2.05. The third-order valence-electron chi connectivity index (χ3n) is 4.83. The number of aliphatic hydroxyl groups is 1. The number of aliphatic hydroxyl groups excluding tert-OH is 1. The fraction of sp³-hybridized carbons (Fsp3) is 0.600. The van der Waals surface area contributed by atoms with Crippen molar-refractivity contribution in [2.45, 2.75) is 40.7 Å². The highest BCUT2D eigenvalue weighted by Gasteiger charge is 2.67. The van der Waals surface area contributed by atoms with Gasteiger partial charge in [-0.25, -0.2) is 0 Å². The van der Waals surface area contributed by atoms with Crippen LogP contribution in [0.25, 0.3) is 0 Å². The van der Waals surface area contributed by atoms with Crippen LogP contribution in [0.1, 0.15) is 44.9 Å². The van der Waals surface area contributed by atoms with E-state index in [4.69, 9.17) is 0 Å². The van der Waals surface area contributed by atoms with E-state index in [1.165, 1.54) is 5.56 Å². The second-order valence-electron chi connectivity index (χ2n) is 6.28. The zero-order chi connectivity index (χ0) is 12.1. The summed E-state index contributed by atoms with van der Waals surface area (Å²) in [4.78, 5) is 0. The lowest BCUT2D eigenvalue weighted by Gasteiger charge is -2.13. The van der Waals surface area contributed by atoms with E-state index in [-0.39, 0.29) is 16.9 Å². The molecule has 0 bridgehead atoms. The molecular formula is C15H22O. The van der Waals surface area contributed by atoms with Crippen LogP contribution >= 0.6 is 0 Å². The van der Waals surface area contributed by atoms with Gasteiger partial charge < -0.3 is 5.11 Å². The molecule has 1 aliphatic rings. The van der Waals surface area contributed by atoms with Crippen LogP contribution in [0.2, 0.25) is 0 Å². The first-order chi connectivity index (χ1) is 7.28. The van der Waals surface area contributed by atoms with Gasteiger partial charge in [-0.3, -0.25) is 0 Å². The van der Waals surface area contributed by atoms with E-state index in [0.717, 1.165) is 5.56 Å². The summed E-state index contributed by atoms with van der Waals surface area (Å²) in [5, 5.41) is 10.5. The van der Waals surface area contributed by atoms with Crippen molar-refractivity contribution in [3.63, 3.8) is 0 Å². The Bertz CT molecular complexity index is 390. The minimum atomic E-state index is -0.329. The quantitative estimate of drug-likeness (QED) is 0.802. The third kappa shape index (κ3) is 1.49. The van der Waals surface area contributed by atoms with Crippen molar-refractivity contribution in [3.8, 4) is 0 Å². The van der Waals surface area contributed by atoms with Crippen LogP contribution in [0.3, 0.4) is 0 Å². The van der Waals surface area contributed by atoms with E-state index in [1.807, 2.05) is 12.1 Å². The van der Waals surface area contributed by atoms with Crippen LogP contribution in [0, 0.1) is 23.7 Å². The number of hydrogen-bond acceptors (Lipinski definition) is 1. The zero-order valence-corrected chi connectivity index (χ0v) is 10.9. The molecule has 2 rings (SSSR count). The van der Waals surface area contributed by atoms with E-state index >= 15 is 0 Å². The Kier molecular flexibility index (Phi) is 2.43. The van der Waals surface area contributed by atoms with Crippen LogP contribution in [-0.2, 0) is 0 Å². The number of benzene rings is 1. The number of hydrogen-bond donors (Lipinski definition) is 1. The van der Waals surface area contributed by atoms with Gasteiger partial charge in [-0.05, 0) is 23.3 Å². The van der Waals surface area contributed by atoms with Crippen molar-refractivity contribution in [1.82, 2.24) is 0 Å². The summed E-state index contributed by atoms with van der Waals surface area (Å²) in [5.41, 5.74) is 2.74. The fourth-order valence-corrected chi connectivity index (χ4v) is 3.08.